The lowest BCUT2D eigenvalue weighted by Crippen LogP contribution is -2.64. The van der Waals surface area contributed by atoms with Crippen molar-refractivity contribution in [3.8, 4) is 11.5 Å². The molecule has 4 rings (SSSR count). The minimum atomic E-state index is -0.189. The van der Waals surface area contributed by atoms with Crippen LogP contribution in [0.25, 0.3) is 0 Å². The van der Waals surface area contributed by atoms with E-state index < -0.39 is 0 Å². The lowest BCUT2D eigenvalue weighted by molar-refractivity contribution is -0.159. The summed E-state index contributed by atoms with van der Waals surface area (Å²) in [6, 6.07) is 18.1. The molecule has 29 heavy (non-hydrogen) atoms. The smallest absolute Gasteiger partial charge is 0.260 e. The number of likely N-dealkylation sites (N-methyl/N-ethyl adjacent to an activating group) is 1. The summed E-state index contributed by atoms with van der Waals surface area (Å²) in [7, 11) is 3.76. The molecule has 1 amide bonds. The Hall–Kier alpha value is -2.57. The predicted molar refractivity (Wildman–Crippen MR) is 110 cm³/mol. The van der Waals surface area contributed by atoms with E-state index in [0.29, 0.717) is 31.5 Å². The minimum Gasteiger partial charge on any atom is -0.497 e. The summed E-state index contributed by atoms with van der Waals surface area (Å²) in [5.41, 5.74) is 1.11. The molecule has 0 radical (unpaired) electrons. The highest BCUT2D eigenvalue weighted by Gasteiger charge is 2.51. The molecule has 0 aliphatic carbocycles. The van der Waals surface area contributed by atoms with Gasteiger partial charge < -0.3 is 19.1 Å². The Kier molecular flexibility index (Phi) is 5.74. The van der Waals surface area contributed by atoms with Crippen molar-refractivity contribution < 1.29 is 19.0 Å². The van der Waals surface area contributed by atoms with Crippen LogP contribution in [-0.2, 0) is 16.1 Å². The molecule has 2 aliphatic rings. The number of hydrogen-bond donors (Lipinski definition) is 0. The van der Waals surface area contributed by atoms with Crippen LogP contribution in [0.15, 0.2) is 54.6 Å². The van der Waals surface area contributed by atoms with Crippen LogP contribution in [0.1, 0.15) is 12.0 Å². The Labute approximate surface area is 172 Å². The summed E-state index contributed by atoms with van der Waals surface area (Å²) in [6.45, 7) is 2.96. The van der Waals surface area contributed by atoms with Crippen molar-refractivity contribution in [2.75, 3.05) is 40.5 Å². The molecule has 2 aromatic rings. The summed E-state index contributed by atoms with van der Waals surface area (Å²) in [5, 5.41) is 0. The first-order chi connectivity index (χ1) is 14.1. The Morgan fingerprint density at radius 2 is 1.83 bits per heavy atom. The molecule has 2 saturated heterocycles. The number of hydrogen-bond acceptors (Lipinski definition) is 5. The van der Waals surface area contributed by atoms with Crippen molar-refractivity contribution in [2.24, 2.45) is 0 Å². The second-order valence-corrected chi connectivity index (χ2v) is 7.97. The van der Waals surface area contributed by atoms with Gasteiger partial charge >= 0.3 is 0 Å². The molecule has 0 aromatic heterocycles. The number of amides is 1. The third kappa shape index (κ3) is 4.54. The highest BCUT2D eigenvalue weighted by atomic mass is 16.5. The molecular weight excluding hydrogens is 368 g/mol. The van der Waals surface area contributed by atoms with Crippen molar-refractivity contribution in [3.05, 3.63) is 60.2 Å². The lowest BCUT2D eigenvalue weighted by Gasteiger charge is -2.47. The highest BCUT2D eigenvalue weighted by Crippen LogP contribution is 2.37. The molecule has 2 fully saturated rings. The van der Waals surface area contributed by atoms with E-state index in [2.05, 4.69) is 36.2 Å². The van der Waals surface area contributed by atoms with Gasteiger partial charge in [0, 0.05) is 12.6 Å². The molecule has 1 unspecified atom stereocenters. The van der Waals surface area contributed by atoms with E-state index in [4.69, 9.17) is 14.2 Å². The molecule has 6 nitrogen and oxygen atoms in total. The van der Waals surface area contributed by atoms with Gasteiger partial charge in [0.05, 0.1) is 26.8 Å². The monoisotopic (exact) mass is 396 g/mol. The summed E-state index contributed by atoms with van der Waals surface area (Å²) >= 11 is 0. The van der Waals surface area contributed by atoms with Crippen LogP contribution in [0.4, 0.5) is 0 Å². The summed E-state index contributed by atoms with van der Waals surface area (Å²) in [4.78, 5) is 16.6. The van der Waals surface area contributed by atoms with Crippen LogP contribution >= 0.6 is 0 Å². The molecule has 0 saturated carbocycles. The van der Waals surface area contributed by atoms with E-state index in [1.807, 2.05) is 23.1 Å². The number of methoxy groups -OCH3 is 1. The first-order valence-corrected chi connectivity index (χ1v) is 10.00. The predicted octanol–water partition coefficient (Wildman–Crippen LogP) is 2.58. The molecule has 154 valence electrons. The van der Waals surface area contributed by atoms with Gasteiger partial charge in [-0.3, -0.25) is 9.69 Å². The molecule has 2 heterocycles. The van der Waals surface area contributed by atoms with Gasteiger partial charge in [-0.25, -0.2) is 0 Å². The molecule has 1 atom stereocenters. The van der Waals surface area contributed by atoms with Crippen LogP contribution in [-0.4, -0.2) is 67.8 Å². The van der Waals surface area contributed by atoms with Crippen molar-refractivity contribution in [3.63, 3.8) is 0 Å². The Bertz CT molecular complexity index is 819. The van der Waals surface area contributed by atoms with Gasteiger partial charge in [0.2, 0.25) is 0 Å². The van der Waals surface area contributed by atoms with Crippen LogP contribution in [0, 0.1) is 0 Å². The van der Waals surface area contributed by atoms with Crippen molar-refractivity contribution >= 4 is 5.91 Å². The Balaban J connectivity index is 1.22. The maximum atomic E-state index is 12.4. The van der Waals surface area contributed by atoms with Crippen molar-refractivity contribution in [1.82, 2.24) is 9.80 Å². The first kappa shape index (κ1) is 19.7. The van der Waals surface area contributed by atoms with E-state index >= 15 is 0 Å². The van der Waals surface area contributed by atoms with Crippen LogP contribution in [0.2, 0.25) is 0 Å². The number of nitrogens with zero attached hydrogens (tertiary/aromatic N) is 2. The first-order valence-electron chi connectivity index (χ1n) is 10.00. The summed E-state index contributed by atoms with van der Waals surface area (Å²) in [6.07, 6.45) is 0.958. The average Bonchev–Trinajstić information content (AvgIpc) is 3.18. The molecule has 1 spiro atoms. The van der Waals surface area contributed by atoms with E-state index in [1.165, 1.54) is 5.56 Å². The van der Waals surface area contributed by atoms with Gasteiger partial charge in [0.1, 0.15) is 17.1 Å². The number of ether oxygens (including phenoxy) is 3. The number of carbonyl (C=O) groups excluding carboxylic acids is 1. The third-order valence-electron chi connectivity index (χ3n) is 5.82. The Morgan fingerprint density at radius 1 is 1.14 bits per heavy atom. The zero-order chi connectivity index (χ0) is 20.3. The van der Waals surface area contributed by atoms with Gasteiger partial charge in [-0.05, 0) is 43.3 Å². The minimum absolute atomic E-state index is 0.00358. The zero-order valence-electron chi connectivity index (χ0n) is 17.0. The number of likely N-dealkylation sites (tertiary alicyclic amines) is 1. The second kappa shape index (κ2) is 8.43. The van der Waals surface area contributed by atoms with Crippen LogP contribution in [0.3, 0.4) is 0 Å². The maximum absolute atomic E-state index is 12.4. The number of benzene rings is 2. The molecule has 0 bridgehead atoms. The average molecular weight is 396 g/mol. The normalized spacial score (nSPS) is 20.0. The zero-order valence-corrected chi connectivity index (χ0v) is 17.0. The SMILES string of the molecule is COc1ccc(OCC(=O)N2CC3(CC(N(C)Cc4ccccc4)CO3)C2)cc1. The second-order valence-electron chi connectivity index (χ2n) is 7.97. The number of carbonyl (C=O) groups is 1. The quantitative estimate of drug-likeness (QED) is 0.720. The summed E-state index contributed by atoms with van der Waals surface area (Å²) < 4.78 is 16.9. The maximum Gasteiger partial charge on any atom is 0.260 e. The van der Waals surface area contributed by atoms with Gasteiger partial charge in [0.15, 0.2) is 6.61 Å². The van der Waals surface area contributed by atoms with Gasteiger partial charge in [0.25, 0.3) is 5.91 Å². The van der Waals surface area contributed by atoms with E-state index in [0.717, 1.165) is 18.7 Å². The van der Waals surface area contributed by atoms with Crippen molar-refractivity contribution in [1.29, 1.82) is 0 Å². The topological polar surface area (TPSA) is 51.2 Å². The fraction of sp³-hybridized carbons (Fsp3) is 0.435. The number of rotatable bonds is 7. The molecular formula is C23H28N2O4. The standard InChI is InChI=1S/C23H28N2O4/c1-24(13-18-6-4-3-5-7-18)19-12-23(29-14-19)16-25(17-23)22(26)15-28-21-10-8-20(27-2)9-11-21/h3-11,19H,12-17H2,1-2H3. The van der Waals surface area contributed by atoms with E-state index in [9.17, 15) is 4.79 Å². The van der Waals surface area contributed by atoms with Gasteiger partial charge in [-0.1, -0.05) is 30.3 Å². The fourth-order valence-corrected chi connectivity index (χ4v) is 4.06. The summed E-state index contributed by atoms with van der Waals surface area (Å²) in [5.74, 6) is 1.42. The largest absolute Gasteiger partial charge is 0.497 e. The molecule has 0 N–H and O–H groups in total. The van der Waals surface area contributed by atoms with E-state index in [-0.39, 0.29) is 18.1 Å². The fourth-order valence-electron chi connectivity index (χ4n) is 4.06. The van der Waals surface area contributed by atoms with Gasteiger partial charge in [-0.2, -0.15) is 0 Å². The van der Waals surface area contributed by atoms with Crippen LogP contribution in [0.5, 0.6) is 11.5 Å². The lowest BCUT2D eigenvalue weighted by atomic mass is 9.89. The molecule has 6 heteroatoms. The van der Waals surface area contributed by atoms with Crippen molar-refractivity contribution in [2.45, 2.75) is 24.6 Å². The van der Waals surface area contributed by atoms with E-state index in [1.54, 1.807) is 19.2 Å². The molecule has 2 aliphatic heterocycles. The van der Waals surface area contributed by atoms with Gasteiger partial charge in [-0.15, -0.1) is 0 Å². The Morgan fingerprint density at radius 3 is 2.52 bits per heavy atom. The van der Waals surface area contributed by atoms with Crippen LogP contribution < -0.4 is 9.47 Å². The highest BCUT2D eigenvalue weighted by molar-refractivity contribution is 5.79. The molecule has 2 aromatic carbocycles. The third-order valence-corrected chi connectivity index (χ3v) is 5.82.